The number of hydrogen-bond donors (Lipinski definition) is 0. The van der Waals surface area contributed by atoms with E-state index >= 15 is 0 Å². The van der Waals surface area contributed by atoms with Crippen LogP contribution in [0.1, 0.15) is 20.7 Å². The van der Waals surface area contributed by atoms with Crippen molar-refractivity contribution in [2.24, 2.45) is 0 Å². The quantitative estimate of drug-likeness (QED) is 0.640. The fourth-order valence-corrected chi connectivity index (χ4v) is 3.21. The number of carbonyl (C=O) groups excluding carboxylic acids is 2. The normalized spacial score (nSPS) is 10.8. The number of rotatable bonds is 2. The lowest BCUT2D eigenvalue weighted by molar-refractivity contribution is 0.109. The van der Waals surface area contributed by atoms with E-state index in [2.05, 4.69) is 0 Å². The number of carbonyl (C=O) groups is 2. The summed E-state index contributed by atoms with van der Waals surface area (Å²) in [7, 11) is 0. The van der Waals surface area contributed by atoms with E-state index in [1.54, 1.807) is 17.4 Å². The summed E-state index contributed by atoms with van der Waals surface area (Å²) in [6.45, 7) is 0. The summed E-state index contributed by atoms with van der Waals surface area (Å²) < 4.78 is 2.17. The van der Waals surface area contributed by atoms with Gasteiger partial charge in [-0.1, -0.05) is 18.2 Å². The van der Waals surface area contributed by atoms with Crippen LogP contribution in [0.15, 0.2) is 36.4 Å². The molecule has 2 nitrogen and oxygen atoms in total. The van der Waals surface area contributed by atoms with Crippen molar-refractivity contribution in [3.05, 3.63) is 47.5 Å². The summed E-state index contributed by atoms with van der Waals surface area (Å²) >= 11 is 1.64. The molecular weight excluding hydrogens is 232 g/mol. The molecular formula is C14H8O2S. The van der Waals surface area contributed by atoms with Crippen LogP contribution in [0.5, 0.6) is 0 Å². The minimum atomic E-state index is 0.455. The molecule has 0 unspecified atom stereocenters. The molecule has 0 saturated heterocycles. The Labute approximate surface area is 101 Å². The zero-order valence-corrected chi connectivity index (χ0v) is 9.66. The van der Waals surface area contributed by atoms with Gasteiger partial charge in [-0.05, 0) is 18.2 Å². The van der Waals surface area contributed by atoms with Crippen LogP contribution in [0, 0.1) is 0 Å². The highest BCUT2D eigenvalue weighted by molar-refractivity contribution is 7.25. The predicted octanol–water partition coefficient (Wildman–Crippen LogP) is 3.68. The Morgan fingerprint density at radius 2 is 1.71 bits per heavy atom. The molecule has 1 aromatic heterocycles. The zero-order chi connectivity index (χ0) is 11.8. The van der Waals surface area contributed by atoms with E-state index < -0.39 is 0 Å². The Hall–Kier alpha value is -2.00. The molecule has 0 aliphatic rings. The van der Waals surface area contributed by atoms with Gasteiger partial charge in [0.1, 0.15) is 0 Å². The fraction of sp³-hybridized carbons (Fsp3) is 0. The first-order chi connectivity index (χ1) is 8.35. The monoisotopic (exact) mass is 240 g/mol. The van der Waals surface area contributed by atoms with Gasteiger partial charge in [-0.25, -0.2) is 0 Å². The number of fused-ring (bicyclic) bond motifs is 3. The summed E-state index contributed by atoms with van der Waals surface area (Å²) in [5.74, 6) is 0. The zero-order valence-electron chi connectivity index (χ0n) is 8.84. The third-order valence-electron chi connectivity index (χ3n) is 2.86. The Morgan fingerprint density at radius 3 is 2.47 bits per heavy atom. The number of benzene rings is 2. The molecule has 0 spiro atoms. The molecule has 3 heteroatoms. The van der Waals surface area contributed by atoms with Crippen LogP contribution in [0.25, 0.3) is 20.2 Å². The molecule has 0 aliphatic carbocycles. The first kappa shape index (κ1) is 10.2. The average Bonchev–Trinajstić information content (AvgIpc) is 2.76. The van der Waals surface area contributed by atoms with Crippen LogP contribution in [-0.2, 0) is 0 Å². The summed E-state index contributed by atoms with van der Waals surface area (Å²) in [4.78, 5) is 22.1. The second-order valence-electron chi connectivity index (χ2n) is 3.78. The van der Waals surface area contributed by atoms with Crippen molar-refractivity contribution in [2.45, 2.75) is 0 Å². The molecule has 0 amide bonds. The molecule has 17 heavy (non-hydrogen) atoms. The smallest absolute Gasteiger partial charge is 0.151 e. The highest BCUT2D eigenvalue weighted by Crippen LogP contribution is 2.36. The van der Waals surface area contributed by atoms with Gasteiger partial charge < -0.3 is 0 Å². The van der Waals surface area contributed by atoms with E-state index in [4.69, 9.17) is 0 Å². The third-order valence-corrected chi connectivity index (χ3v) is 4.00. The molecule has 0 radical (unpaired) electrons. The van der Waals surface area contributed by atoms with Gasteiger partial charge >= 0.3 is 0 Å². The van der Waals surface area contributed by atoms with Crippen LogP contribution in [0.4, 0.5) is 0 Å². The maximum atomic E-state index is 11.2. The Bertz CT molecular complexity index is 740. The van der Waals surface area contributed by atoms with E-state index in [9.17, 15) is 9.59 Å². The predicted molar refractivity (Wildman–Crippen MR) is 70.1 cm³/mol. The van der Waals surface area contributed by atoms with Gasteiger partial charge in [-0.3, -0.25) is 9.59 Å². The van der Waals surface area contributed by atoms with Crippen LogP contribution in [0.3, 0.4) is 0 Å². The van der Waals surface area contributed by atoms with Crippen molar-refractivity contribution < 1.29 is 9.59 Å². The van der Waals surface area contributed by atoms with Gasteiger partial charge in [0.25, 0.3) is 0 Å². The summed E-state index contributed by atoms with van der Waals surface area (Å²) in [5.41, 5.74) is 0.950. The van der Waals surface area contributed by atoms with E-state index in [1.807, 2.05) is 30.3 Å². The molecule has 0 bridgehead atoms. The lowest BCUT2D eigenvalue weighted by atomic mass is 10.0. The summed E-state index contributed by atoms with van der Waals surface area (Å²) in [6, 6.07) is 11.5. The van der Waals surface area contributed by atoms with Crippen molar-refractivity contribution in [2.75, 3.05) is 0 Å². The van der Waals surface area contributed by atoms with Crippen molar-refractivity contribution >= 4 is 44.1 Å². The Kier molecular flexibility index (Phi) is 2.27. The molecule has 3 aromatic rings. The molecule has 0 aliphatic heterocycles. The molecule has 0 fully saturated rings. The van der Waals surface area contributed by atoms with Gasteiger partial charge in [-0.15, -0.1) is 11.3 Å². The molecule has 1 heterocycles. The molecule has 2 aromatic carbocycles. The van der Waals surface area contributed by atoms with Gasteiger partial charge in [0.15, 0.2) is 12.6 Å². The molecule has 0 atom stereocenters. The number of aldehydes is 2. The van der Waals surface area contributed by atoms with Gasteiger partial charge in [-0.2, -0.15) is 0 Å². The lowest BCUT2D eigenvalue weighted by Gasteiger charge is -1.99. The van der Waals surface area contributed by atoms with Crippen LogP contribution in [0.2, 0.25) is 0 Å². The van der Waals surface area contributed by atoms with E-state index in [-0.39, 0.29) is 0 Å². The molecule has 0 N–H and O–H groups in total. The maximum absolute atomic E-state index is 11.2. The first-order valence-electron chi connectivity index (χ1n) is 5.20. The lowest BCUT2D eigenvalue weighted by Crippen LogP contribution is -1.90. The van der Waals surface area contributed by atoms with Crippen LogP contribution in [-0.4, -0.2) is 12.6 Å². The Balaban J connectivity index is 2.60. The van der Waals surface area contributed by atoms with Gasteiger partial charge in [0.2, 0.25) is 0 Å². The number of hydrogen-bond acceptors (Lipinski definition) is 3. The van der Waals surface area contributed by atoms with Gasteiger partial charge in [0, 0.05) is 31.3 Å². The van der Waals surface area contributed by atoms with Crippen molar-refractivity contribution in [1.29, 1.82) is 0 Å². The highest BCUT2D eigenvalue weighted by Gasteiger charge is 2.11. The van der Waals surface area contributed by atoms with Crippen LogP contribution >= 0.6 is 11.3 Å². The largest absolute Gasteiger partial charge is 0.298 e. The molecule has 0 saturated carbocycles. The van der Waals surface area contributed by atoms with Gasteiger partial charge in [0.05, 0.1) is 0 Å². The van der Waals surface area contributed by atoms with Crippen molar-refractivity contribution in [1.82, 2.24) is 0 Å². The average molecular weight is 240 g/mol. The third kappa shape index (κ3) is 1.40. The van der Waals surface area contributed by atoms with Crippen molar-refractivity contribution in [3.63, 3.8) is 0 Å². The van der Waals surface area contributed by atoms with E-state index in [0.717, 1.165) is 32.7 Å². The SMILES string of the molecule is O=Cc1ccc2sc3ccccc3c2c1C=O. The topological polar surface area (TPSA) is 34.1 Å². The second-order valence-corrected chi connectivity index (χ2v) is 4.86. The molecule has 82 valence electrons. The first-order valence-corrected chi connectivity index (χ1v) is 6.01. The van der Waals surface area contributed by atoms with E-state index in [1.165, 1.54) is 0 Å². The molecule has 3 rings (SSSR count). The Morgan fingerprint density at radius 1 is 0.882 bits per heavy atom. The second kappa shape index (κ2) is 3.79. The number of thiophene rings is 1. The highest BCUT2D eigenvalue weighted by atomic mass is 32.1. The standard InChI is InChI=1S/C14H8O2S/c15-7-9-5-6-13-14(11(9)8-16)10-3-1-2-4-12(10)17-13/h1-8H. The fourth-order valence-electron chi connectivity index (χ4n) is 2.09. The summed E-state index contributed by atoms with van der Waals surface area (Å²) in [6.07, 6.45) is 1.50. The minimum absolute atomic E-state index is 0.455. The van der Waals surface area contributed by atoms with Crippen LogP contribution < -0.4 is 0 Å². The minimum Gasteiger partial charge on any atom is -0.298 e. The summed E-state index contributed by atoms with van der Waals surface area (Å²) in [5, 5.41) is 1.93. The van der Waals surface area contributed by atoms with Crippen molar-refractivity contribution in [3.8, 4) is 0 Å². The maximum Gasteiger partial charge on any atom is 0.151 e. The van der Waals surface area contributed by atoms with E-state index in [0.29, 0.717) is 11.1 Å².